The molecule has 0 bridgehead atoms. The molecule has 1 N–H and O–H groups in total. The highest BCUT2D eigenvalue weighted by Gasteiger charge is 2.33. The zero-order valence-corrected chi connectivity index (χ0v) is 7.14. The van der Waals surface area contributed by atoms with E-state index in [-0.39, 0.29) is 5.56 Å². The Morgan fingerprint density at radius 2 is 1.93 bits per heavy atom. The molecule has 0 saturated heterocycles. The smallest absolute Gasteiger partial charge is 0.389 e. The van der Waals surface area contributed by atoms with Gasteiger partial charge in [-0.05, 0) is 19.1 Å². The Hall–Kier alpha value is -1.17. The molecule has 0 fully saturated rings. The summed E-state index contributed by atoms with van der Waals surface area (Å²) in [5.41, 5.74) is -1.56. The van der Waals surface area contributed by atoms with E-state index in [1.54, 1.807) is 0 Å². The van der Waals surface area contributed by atoms with Gasteiger partial charge in [0.2, 0.25) is 5.95 Å². The normalized spacial score (nSPS) is 14.1. The van der Waals surface area contributed by atoms with E-state index in [1.807, 2.05) is 0 Å². The maximum absolute atomic E-state index is 12.9. The first-order valence-electron chi connectivity index (χ1n) is 3.74. The Kier molecular flexibility index (Phi) is 2.75. The van der Waals surface area contributed by atoms with Crippen molar-refractivity contribution in [1.82, 2.24) is 4.98 Å². The summed E-state index contributed by atoms with van der Waals surface area (Å²) in [7, 11) is 0. The van der Waals surface area contributed by atoms with Crippen LogP contribution in [0, 0.1) is 5.95 Å². The van der Waals surface area contributed by atoms with Gasteiger partial charge in [0.15, 0.2) is 0 Å². The van der Waals surface area contributed by atoms with Gasteiger partial charge in [-0.3, -0.25) is 0 Å². The summed E-state index contributed by atoms with van der Waals surface area (Å²) in [6, 6.07) is 1.50. The number of hydrogen-bond donors (Lipinski definition) is 1. The van der Waals surface area contributed by atoms with Gasteiger partial charge in [-0.25, -0.2) is 4.98 Å². The van der Waals surface area contributed by atoms with Gasteiger partial charge in [-0.2, -0.15) is 17.6 Å². The lowest BCUT2D eigenvalue weighted by Crippen LogP contribution is -2.10. The van der Waals surface area contributed by atoms with Gasteiger partial charge < -0.3 is 5.11 Å². The van der Waals surface area contributed by atoms with Crippen LogP contribution in [-0.4, -0.2) is 10.1 Å². The summed E-state index contributed by atoms with van der Waals surface area (Å²) >= 11 is 0. The van der Waals surface area contributed by atoms with Gasteiger partial charge in [0, 0.05) is 5.56 Å². The third-order valence-corrected chi connectivity index (χ3v) is 1.62. The fraction of sp³-hybridized carbons (Fsp3) is 0.375. The minimum atomic E-state index is -4.67. The molecule has 1 atom stereocenters. The molecule has 6 heteroatoms. The molecule has 0 aromatic carbocycles. The summed E-state index contributed by atoms with van der Waals surface area (Å²) in [5.74, 6) is -1.30. The summed E-state index contributed by atoms with van der Waals surface area (Å²) < 4.78 is 48.9. The number of aliphatic hydroxyl groups is 1. The molecule has 0 saturated carbocycles. The van der Waals surface area contributed by atoms with Crippen LogP contribution in [0.25, 0.3) is 0 Å². The van der Waals surface area contributed by atoms with E-state index in [0.717, 1.165) is 6.07 Å². The van der Waals surface area contributed by atoms with Crippen LogP contribution in [0.15, 0.2) is 12.1 Å². The standard InChI is InChI=1S/C8H7F4NO/c1-4(14)5-2-3-6(8(10,11)12)13-7(5)9/h2-4,14H,1H3. The summed E-state index contributed by atoms with van der Waals surface area (Å²) in [6.07, 6.45) is -5.84. The van der Waals surface area contributed by atoms with E-state index < -0.39 is 23.9 Å². The molecule has 14 heavy (non-hydrogen) atoms. The van der Waals surface area contributed by atoms with Gasteiger partial charge in [0.25, 0.3) is 0 Å². The Balaban J connectivity index is 3.13. The molecule has 2 nitrogen and oxygen atoms in total. The van der Waals surface area contributed by atoms with E-state index in [4.69, 9.17) is 5.11 Å². The van der Waals surface area contributed by atoms with Crippen LogP contribution in [0.2, 0.25) is 0 Å². The lowest BCUT2D eigenvalue weighted by Gasteiger charge is -2.09. The summed E-state index contributed by atoms with van der Waals surface area (Å²) in [6.45, 7) is 1.24. The van der Waals surface area contributed by atoms with Crippen molar-refractivity contribution in [2.75, 3.05) is 0 Å². The van der Waals surface area contributed by atoms with Crippen molar-refractivity contribution < 1.29 is 22.7 Å². The molecule has 0 spiro atoms. The molecule has 0 aliphatic heterocycles. The fourth-order valence-electron chi connectivity index (χ4n) is 0.915. The quantitative estimate of drug-likeness (QED) is 0.568. The number of aromatic nitrogens is 1. The van der Waals surface area contributed by atoms with Crippen LogP contribution in [0.5, 0.6) is 0 Å². The van der Waals surface area contributed by atoms with E-state index in [2.05, 4.69) is 4.98 Å². The van der Waals surface area contributed by atoms with Crippen molar-refractivity contribution in [2.24, 2.45) is 0 Å². The summed E-state index contributed by atoms with van der Waals surface area (Å²) in [5, 5.41) is 8.94. The van der Waals surface area contributed by atoms with Crippen LogP contribution >= 0.6 is 0 Å². The van der Waals surface area contributed by atoms with E-state index in [9.17, 15) is 17.6 Å². The van der Waals surface area contributed by atoms with Gasteiger partial charge >= 0.3 is 6.18 Å². The molecule has 0 amide bonds. The predicted octanol–water partition coefficient (Wildman–Crippen LogP) is 2.29. The van der Waals surface area contributed by atoms with Crippen molar-refractivity contribution in [2.45, 2.75) is 19.2 Å². The lowest BCUT2D eigenvalue weighted by molar-refractivity contribution is -0.141. The molecular formula is C8H7F4NO. The van der Waals surface area contributed by atoms with Crippen molar-refractivity contribution in [3.8, 4) is 0 Å². The van der Waals surface area contributed by atoms with Crippen molar-refractivity contribution in [3.63, 3.8) is 0 Å². The Bertz CT molecular complexity index is 335. The molecule has 1 aromatic rings. The van der Waals surface area contributed by atoms with Crippen LogP contribution in [0.1, 0.15) is 24.3 Å². The van der Waals surface area contributed by atoms with Gasteiger partial charge in [0.05, 0.1) is 6.10 Å². The Morgan fingerprint density at radius 1 is 1.36 bits per heavy atom. The SMILES string of the molecule is CC(O)c1ccc(C(F)(F)F)nc1F. The number of pyridine rings is 1. The number of hydrogen-bond acceptors (Lipinski definition) is 2. The Morgan fingerprint density at radius 3 is 2.29 bits per heavy atom. The Labute approximate surface area is 77.2 Å². The zero-order valence-electron chi connectivity index (χ0n) is 7.14. The molecular weight excluding hydrogens is 202 g/mol. The molecule has 1 unspecified atom stereocenters. The predicted molar refractivity (Wildman–Crippen MR) is 39.8 cm³/mol. The minimum absolute atomic E-state index is 0.252. The number of nitrogens with zero attached hydrogens (tertiary/aromatic N) is 1. The average molecular weight is 209 g/mol. The van der Waals surface area contributed by atoms with Crippen molar-refractivity contribution in [1.29, 1.82) is 0 Å². The second-order valence-corrected chi connectivity index (χ2v) is 2.75. The zero-order chi connectivity index (χ0) is 10.9. The number of halogens is 4. The topological polar surface area (TPSA) is 33.1 Å². The van der Waals surface area contributed by atoms with Gasteiger partial charge in [-0.1, -0.05) is 0 Å². The van der Waals surface area contributed by atoms with E-state index in [0.29, 0.717) is 6.07 Å². The van der Waals surface area contributed by atoms with Crippen molar-refractivity contribution in [3.05, 3.63) is 29.3 Å². The van der Waals surface area contributed by atoms with Gasteiger partial charge in [0.1, 0.15) is 5.69 Å². The molecule has 78 valence electrons. The average Bonchev–Trinajstić information content (AvgIpc) is 2.01. The monoisotopic (exact) mass is 209 g/mol. The minimum Gasteiger partial charge on any atom is -0.389 e. The maximum atomic E-state index is 12.9. The third-order valence-electron chi connectivity index (χ3n) is 1.62. The number of rotatable bonds is 1. The first kappa shape index (κ1) is 10.9. The maximum Gasteiger partial charge on any atom is 0.433 e. The third kappa shape index (κ3) is 2.20. The van der Waals surface area contributed by atoms with E-state index >= 15 is 0 Å². The first-order valence-corrected chi connectivity index (χ1v) is 3.74. The summed E-state index contributed by atoms with van der Waals surface area (Å²) in [4.78, 5) is 2.71. The van der Waals surface area contributed by atoms with Crippen LogP contribution < -0.4 is 0 Å². The fourth-order valence-corrected chi connectivity index (χ4v) is 0.915. The number of alkyl halides is 3. The lowest BCUT2D eigenvalue weighted by atomic mass is 10.1. The molecule has 1 rings (SSSR count). The molecule has 1 aromatic heterocycles. The second kappa shape index (κ2) is 3.53. The molecule has 0 aliphatic carbocycles. The van der Waals surface area contributed by atoms with Crippen LogP contribution in [0.3, 0.4) is 0 Å². The highest BCUT2D eigenvalue weighted by Crippen LogP contribution is 2.28. The van der Waals surface area contributed by atoms with Crippen LogP contribution in [-0.2, 0) is 6.18 Å². The molecule has 0 radical (unpaired) electrons. The molecule has 1 heterocycles. The van der Waals surface area contributed by atoms with Gasteiger partial charge in [-0.15, -0.1) is 0 Å². The van der Waals surface area contributed by atoms with Crippen LogP contribution in [0.4, 0.5) is 17.6 Å². The largest absolute Gasteiger partial charge is 0.433 e. The van der Waals surface area contributed by atoms with E-state index in [1.165, 1.54) is 6.92 Å². The van der Waals surface area contributed by atoms with Crippen molar-refractivity contribution >= 4 is 0 Å². The number of aliphatic hydroxyl groups excluding tert-OH is 1. The highest BCUT2D eigenvalue weighted by atomic mass is 19.4. The highest BCUT2D eigenvalue weighted by molar-refractivity contribution is 5.19. The second-order valence-electron chi connectivity index (χ2n) is 2.75. The first-order chi connectivity index (χ1) is 6.32. The molecule has 0 aliphatic rings.